The first-order chi connectivity index (χ1) is 16.4. The second kappa shape index (κ2) is 7.91. The highest BCUT2D eigenvalue weighted by atomic mass is 19.3. The van der Waals surface area contributed by atoms with Crippen LogP contribution < -0.4 is 5.73 Å². The summed E-state index contributed by atoms with van der Waals surface area (Å²) in [7, 11) is 2.01. The molecule has 0 saturated heterocycles. The van der Waals surface area contributed by atoms with Gasteiger partial charge >= 0.3 is 0 Å². The number of aryl methyl sites for hydroxylation is 1. The number of aromatic nitrogens is 3. The number of rotatable bonds is 6. The number of hydrogen-bond acceptors (Lipinski definition) is 3. The van der Waals surface area contributed by atoms with Crippen molar-refractivity contribution in [2.45, 2.75) is 38.3 Å². The van der Waals surface area contributed by atoms with E-state index in [9.17, 15) is 13.6 Å². The van der Waals surface area contributed by atoms with Gasteiger partial charge in [-0.2, -0.15) is 0 Å². The Kier molecular flexibility index (Phi) is 4.95. The van der Waals surface area contributed by atoms with E-state index in [-0.39, 0.29) is 12.5 Å². The van der Waals surface area contributed by atoms with Gasteiger partial charge in [-0.1, -0.05) is 18.2 Å². The molecule has 1 aliphatic carbocycles. The van der Waals surface area contributed by atoms with E-state index in [4.69, 9.17) is 10.7 Å². The summed E-state index contributed by atoms with van der Waals surface area (Å²) < 4.78 is 30.3. The van der Waals surface area contributed by atoms with E-state index in [0.717, 1.165) is 34.7 Å². The first kappa shape index (κ1) is 21.3. The SMILES string of the molecule is Cn1c(-c2cc3ccccc3n2CC2CC2)nc2cc3c(cc21)CCN(C[C@H](N)C(F)F)C3=O. The number of carbonyl (C=O) groups excluding carboxylic acids is 1. The van der Waals surface area contributed by atoms with E-state index in [0.29, 0.717) is 24.4 Å². The largest absolute Gasteiger partial charge is 0.338 e. The molecule has 1 fully saturated rings. The van der Waals surface area contributed by atoms with Crippen molar-refractivity contribution in [1.82, 2.24) is 19.0 Å². The van der Waals surface area contributed by atoms with Crippen LogP contribution in [-0.2, 0) is 20.0 Å². The Hall–Kier alpha value is -3.26. The zero-order chi connectivity index (χ0) is 23.6. The van der Waals surface area contributed by atoms with Crippen LogP contribution in [0.15, 0.2) is 42.5 Å². The molecule has 0 bridgehead atoms. The molecule has 1 amide bonds. The molecule has 2 N–H and O–H groups in total. The molecule has 34 heavy (non-hydrogen) atoms. The molecule has 2 aromatic carbocycles. The van der Waals surface area contributed by atoms with E-state index in [1.165, 1.54) is 28.6 Å². The lowest BCUT2D eigenvalue weighted by molar-refractivity contribution is 0.0621. The fourth-order valence-corrected chi connectivity index (χ4v) is 5.10. The minimum Gasteiger partial charge on any atom is -0.338 e. The molecule has 0 spiro atoms. The van der Waals surface area contributed by atoms with Crippen molar-refractivity contribution in [3.05, 3.63) is 53.6 Å². The van der Waals surface area contributed by atoms with Crippen LogP contribution in [0.2, 0.25) is 0 Å². The average molecular weight is 464 g/mol. The van der Waals surface area contributed by atoms with Crippen LogP contribution in [0.4, 0.5) is 8.78 Å². The van der Waals surface area contributed by atoms with E-state index in [1.54, 1.807) is 0 Å². The van der Waals surface area contributed by atoms with Gasteiger partial charge in [0.05, 0.1) is 22.8 Å². The number of halogens is 2. The Bertz CT molecular complexity index is 1420. The summed E-state index contributed by atoms with van der Waals surface area (Å²) in [4.78, 5) is 19.4. The molecule has 4 aromatic rings. The van der Waals surface area contributed by atoms with Crippen molar-refractivity contribution < 1.29 is 13.6 Å². The number of hydrogen-bond donors (Lipinski definition) is 1. The van der Waals surface area contributed by atoms with Gasteiger partial charge in [-0.3, -0.25) is 4.79 Å². The van der Waals surface area contributed by atoms with Gasteiger partial charge in [0.25, 0.3) is 12.3 Å². The van der Waals surface area contributed by atoms with Crippen LogP contribution >= 0.6 is 0 Å². The summed E-state index contributed by atoms with van der Waals surface area (Å²) in [5.74, 6) is 1.31. The highest BCUT2D eigenvalue weighted by Crippen LogP contribution is 2.37. The Balaban J connectivity index is 1.42. The maximum absolute atomic E-state index is 13.1. The summed E-state index contributed by atoms with van der Waals surface area (Å²) in [6.07, 6.45) is 0.469. The van der Waals surface area contributed by atoms with Crippen LogP contribution in [0.5, 0.6) is 0 Å². The number of imidazole rings is 1. The Morgan fingerprint density at radius 1 is 1.15 bits per heavy atom. The smallest absolute Gasteiger partial charge is 0.255 e. The topological polar surface area (TPSA) is 69.1 Å². The zero-order valence-electron chi connectivity index (χ0n) is 19.0. The lowest BCUT2D eigenvalue weighted by atomic mass is 9.97. The number of benzene rings is 2. The molecule has 1 saturated carbocycles. The van der Waals surface area contributed by atoms with Crippen molar-refractivity contribution in [2.75, 3.05) is 13.1 Å². The van der Waals surface area contributed by atoms with Gasteiger partial charge in [-0.25, -0.2) is 13.8 Å². The fourth-order valence-electron chi connectivity index (χ4n) is 5.10. The first-order valence-corrected chi connectivity index (χ1v) is 11.8. The average Bonchev–Trinajstić information content (AvgIpc) is 3.50. The minimum absolute atomic E-state index is 0.150. The molecule has 6 nitrogen and oxygen atoms in total. The number of para-hydroxylation sites is 1. The molecular formula is C26H27F2N5O. The van der Waals surface area contributed by atoms with Crippen LogP contribution in [0.25, 0.3) is 33.5 Å². The van der Waals surface area contributed by atoms with Gasteiger partial charge in [-0.05, 0) is 55.0 Å². The van der Waals surface area contributed by atoms with Crippen LogP contribution in [0.3, 0.4) is 0 Å². The monoisotopic (exact) mass is 463 g/mol. The molecule has 6 rings (SSSR count). The van der Waals surface area contributed by atoms with Crippen molar-refractivity contribution in [3.63, 3.8) is 0 Å². The predicted octanol–water partition coefficient (Wildman–Crippen LogP) is 4.20. The van der Waals surface area contributed by atoms with E-state index >= 15 is 0 Å². The second-order valence-corrected chi connectivity index (χ2v) is 9.63. The quantitative estimate of drug-likeness (QED) is 0.466. The molecular weight excluding hydrogens is 436 g/mol. The Morgan fingerprint density at radius 2 is 1.94 bits per heavy atom. The number of fused-ring (bicyclic) bond motifs is 3. The molecule has 2 aromatic heterocycles. The Labute approximate surface area is 196 Å². The first-order valence-electron chi connectivity index (χ1n) is 11.8. The molecule has 1 aliphatic heterocycles. The number of nitrogens with zero attached hydrogens (tertiary/aromatic N) is 4. The zero-order valence-corrected chi connectivity index (χ0v) is 19.0. The number of carbonyl (C=O) groups is 1. The van der Waals surface area contributed by atoms with Crippen molar-refractivity contribution in [3.8, 4) is 11.5 Å². The van der Waals surface area contributed by atoms with Gasteiger partial charge in [0.15, 0.2) is 5.82 Å². The molecule has 2 aliphatic rings. The Morgan fingerprint density at radius 3 is 2.71 bits per heavy atom. The van der Waals surface area contributed by atoms with Crippen molar-refractivity contribution >= 4 is 27.8 Å². The third kappa shape index (κ3) is 3.48. The summed E-state index contributed by atoms with van der Waals surface area (Å²) in [6, 6.07) is 13.1. The van der Waals surface area contributed by atoms with E-state index < -0.39 is 12.5 Å². The van der Waals surface area contributed by atoms with Gasteiger partial charge in [0.2, 0.25) is 0 Å². The highest BCUT2D eigenvalue weighted by molar-refractivity contribution is 6.00. The van der Waals surface area contributed by atoms with Gasteiger partial charge in [0, 0.05) is 43.1 Å². The lowest BCUT2D eigenvalue weighted by Crippen LogP contribution is -2.47. The number of nitrogens with two attached hydrogens (primary N) is 1. The lowest BCUT2D eigenvalue weighted by Gasteiger charge is -2.30. The van der Waals surface area contributed by atoms with Crippen molar-refractivity contribution in [1.29, 1.82) is 0 Å². The minimum atomic E-state index is -2.66. The molecule has 0 unspecified atom stereocenters. The highest BCUT2D eigenvalue weighted by Gasteiger charge is 2.30. The summed E-state index contributed by atoms with van der Waals surface area (Å²) in [5.41, 5.74) is 11.0. The third-order valence-electron chi connectivity index (χ3n) is 7.21. The molecule has 8 heteroatoms. The maximum atomic E-state index is 13.1. The van der Waals surface area contributed by atoms with Crippen LogP contribution in [-0.4, -0.2) is 50.5 Å². The number of amides is 1. The van der Waals surface area contributed by atoms with Gasteiger partial charge in [-0.15, -0.1) is 0 Å². The molecule has 1 atom stereocenters. The van der Waals surface area contributed by atoms with Crippen LogP contribution in [0, 0.1) is 5.92 Å². The fraction of sp³-hybridized carbons (Fsp3) is 0.385. The van der Waals surface area contributed by atoms with Gasteiger partial charge in [0.1, 0.15) is 0 Å². The number of alkyl halides is 2. The summed E-state index contributed by atoms with van der Waals surface area (Å²) in [5, 5.41) is 1.19. The second-order valence-electron chi connectivity index (χ2n) is 9.63. The summed E-state index contributed by atoms with van der Waals surface area (Å²) in [6.45, 7) is 1.21. The standard InChI is InChI=1S/C26H27F2N5O/c1-31-22-10-16-8-9-32(14-19(29)24(27)28)26(34)18(16)12-20(22)30-25(31)23-11-17-4-2-3-5-21(17)33(23)13-15-6-7-15/h2-5,10-12,15,19,24H,6-9,13-14,29H2,1H3/t19-/m0/s1. The molecule has 3 heterocycles. The van der Waals surface area contributed by atoms with Gasteiger partial charge < -0.3 is 19.8 Å². The third-order valence-corrected chi connectivity index (χ3v) is 7.21. The molecule has 176 valence electrons. The van der Waals surface area contributed by atoms with Crippen LogP contribution in [0.1, 0.15) is 28.8 Å². The van der Waals surface area contributed by atoms with E-state index in [2.05, 4.69) is 33.4 Å². The summed E-state index contributed by atoms with van der Waals surface area (Å²) >= 11 is 0. The normalized spacial score (nSPS) is 17.2. The predicted molar refractivity (Wildman–Crippen MR) is 128 cm³/mol. The maximum Gasteiger partial charge on any atom is 0.255 e. The molecule has 0 radical (unpaired) electrons. The van der Waals surface area contributed by atoms with E-state index in [1.807, 2.05) is 25.2 Å². The van der Waals surface area contributed by atoms with Crippen molar-refractivity contribution in [2.24, 2.45) is 18.7 Å².